The van der Waals surface area contributed by atoms with Gasteiger partial charge in [0, 0.05) is 18.2 Å². The van der Waals surface area contributed by atoms with Crippen LogP contribution in [-0.2, 0) is 6.54 Å². The number of aromatic amines is 1. The molecule has 0 aliphatic carbocycles. The van der Waals surface area contributed by atoms with Crippen molar-refractivity contribution in [3.8, 4) is 0 Å². The lowest BCUT2D eigenvalue weighted by Crippen LogP contribution is -2.31. The number of halogens is 1. The van der Waals surface area contributed by atoms with E-state index in [1.54, 1.807) is 0 Å². The molecule has 13 heavy (non-hydrogen) atoms. The second kappa shape index (κ2) is 2.87. The van der Waals surface area contributed by atoms with Crippen molar-refractivity contribution in [1.82, 2.24) is 9.88 Å². The number of H-pyrrole nitrogens is 1. The molecular weight excluding hydrogens is 232 g/mol. The molecule has 0 unspecified atom stereocenters. The van der Waals surface area contributed by atoms with Gasteiger partial charge in [-0.1, -0.05) is 0 Å². The Labute approximate surface area is 85.2 Å². The molecule has 0 saturated carbocycles. The summed E-state index contributed by atoms with van der Waals surface area (Å²) in [5.41, 5.74) is 1.83. The highest BCUT2D eigenvalue weighted by Gasteiger charge is 2.30. The first-order chi connectivity index (χ1) is 6.09. The Bertz CT molecular complexity index is 356. The van der Waals surface area contributed by atoms with Crippen LogP contribution in [0.4, 0.5) is 0 Å². The fourth-order valence-electron chi connectivity index (χ4n) is 1.59. The molecule has 0 aromatic carbocycles. The number of carbonyl (C=O) groups excluding carboxylic acids is 1. The van der Waals surface area contributed by atoms with Crippen molar-refractivity contribution in [1.29, 1.82) is 0 Å². The standard InChI is InChI=1S/C9H11BrN2O/c1-5(2)12-4-6-3-7(10)11-8(6)9(12)13/h3,5,11H,4H2,1-2H3. The van der Waals surface area contributed by atoms with Crippen molar-refractivity contribution in [2.45, 2.75) is 26.4 Å². The molecule has 0 fully saturated rings. The molecule has 0 spiro atoms. The minimum atomic E-state index is 0.107. The average Bonchev–Trinajstić information content (AvgIpc) is 2.51. The summed E-state index contributed by atoms with van der Waals surface area (Å²) in [4.78, 5) is 16.6. The zero-order valence-electron chi connectivity index (χ0n) is 7.60. The maximum Gasteiger partial charge on any atom is 0.271 e. The Balaban J connectivity index is 2.35. The largest absolute Gasteiger partial charge is 0.345 e. The smallest absolute Gasteiger partial charge is 0.271 e. The second-order valence-corrected chi connectivity index (χ2v) is 4.40. The molecule has 0 bridgehead atoms. The molecule has 0 radical (unpaired) electrons. The van der Waals surface area contributed by atoms with Crippen molar-refractivity contribution >= 4 is 21.8 Å². The number of aromatic nitrogens is 1. The minimum Gasteiger partial charge on any atom is -0.345 e. The highest BCUT2D eigenvalue weighted by Crippen LogP contribution is 2.26. The summed E-state index contributed by atoms with van der Waals surface area (Å²) in [6, 6.07) is 2.24. The SMILES string of the molecule is CC(C)N1Cc2cc(Br)[nH]c2C1=O. The summed E-state index contributed by atoms with van der Waals surface area (Å²) in [6.45, 7) is 4.78. The van der Waals surface area contributed by atoms with Gasteiger partial charge in [-0.05, 0) is 35.8 Å². The predicted molar refractivity (Wildman–Crippen MR) is 53.5 cm³/mol. The van der Waals surface area contributed by atoms with Gasteiger partial charge in [0.1, 0.15) is 5.69 Å². The molecule has 0 saturated heterocycles. The van der Waals surface area contributed by atoms with Crippen LogP contribution in [0.3, 0.4) is 0 Å². The lowest BCUT2D eigenvalue weighted by molar-refractivity contribution is 0.0725. The number of fused-ring (bicyclic) bond motifs is 1. The third kappa shape index (κ3) is 1.29. The van der Waals surface area contributed by atoms with E-state index in [0.717, 1.165) is 22.4 Å². The summed E-state index contributed by atoms with van der Waals surface area (Å²) in [6.07, 6.45) is 0. The summed E-state index contributed by atoms with van der Waals surface area (Å²) < 4.78 is 0.884. The lowest BCUT2D eigenvalue weighted by Gasteiger charge is -2.19. The molecular formula is C9H11BrN2O. The van der Waals surface area contributed by atoms with Gasteiger partial charge in [0.25, 0.3) is 5.91 Å². The molecule has 1 aliphatic heterocycles. The third-order valence-corrected chi connectivity index (χ3v) is 2.73. The molecule has 3 nitrogen and oxygen atoms in total. The number of rotatable bonds is 1. The van der Waals surface area contributed by atoms with Gasteiger partial charge in [-0.3, -0.25) is 4.79 Å². The second-order valence-electron chi connectivity index (χ2n) is 3.54. The van der Waals surface area contributed by atoms with Crippen LogP contribution >= 0.6 is 15.9 Å². The van der Waals surface area contributed by atoms with Crippen LogP contribution in [0.15, 0.2) is 10.7 Å². The minimum absolute atomic E-state index is 0.107. The van der Waals surface area contributed by atoms with Crippen LogP contribution in [0.2, 0.25) is 0 Å². The average molecular weight is 243 g/mol. The first-order valence-corrected chi connectivity index (χ1v) is 5.07. The number of nitrogens with zero attached hydrogens (tertiary/aromatic N) is 1. The van der Waals surface area contributed by atoms with Crippen LogP contribution in [0.25, 0.3) is 0 Å². The van der Waals surface area contributed by atoms with Gasteiger partial charge in [-0.15, -0.1) is 0 Å². The van der Waals surface area contributed by atoms with E-state index in [9.17, 15) is 4.79 Å². The van der Waals surface area contributed by atoms with Crippen molar-refractivity contribution in [3.63, 3.8) is 0 Å². The van der Waals surface area contributed by atoms with Crippen molar-refractivity contribution in [2.75, 3.05) is 0 Å². The van der Waals surface area contributed by atoms with Crippen LogP contribution in [0.1, 0.15) is 29.9 Å². The number of carbonyl (C=O) groups is 1. The van der Waals surface area contributed by atoms with Gasteiger partial charge in [0.15, 0.2) is 0 Å². The maximum absolute atomic E-state index is 11.7. The van der Waals surface area contributed by atoms with Gasteiger partial charge in [0.2, 0.25) is 0 Å². The Morgan fingerprint density at radius 2 is 2.31 bits per heavy atom. The third-order valence-electron chi connectivity index (χ3n) is 2.31. The first-order valence-electron chi connectivity index (χ1n) is 4.28. The van der Waals surface area contributed by atoms with Crippen molar-refractivity contribution in [2.24, 2.45) is 0 Å². The maximum atomic E-state index is 11.7. The van der Waals surface area contributed by atoms with Crippen molar-refractivity contribution < 1.29 is 4.79 Å². The molecule has 1 amide bonds. The van der Waals surface area contributed by atoms with E-state index in [1.807, 2.05) is 24.8 Å². The molecule has 1 N–H and O–H groups in total. The molecule has 70 valence electrons. The van der Waals surface area contributed by atoms with E-state index in [-0.39, 0.29) is 11.9 Å². The predicted octanol–water partition coefficient (Wildman–Crippen LogP) is 2.14. The van der Waals surface area contributed by atoms with Crippen LogP contribution < -0.4 is 0 Å². The molecule has 1 aromatic heterocycles. The zero-order valence-corrected chi connectivity index (χ0v) is 9.18. The zero-order chi connectivity index (χ0) is 9.59. The van der Waals surface area contributed by atoms with Gasteiger partial charge in [-0.2, -0.15) is 0 Å². The Hall–Kier alpha value is -0.770. The molecule has 2 heterocycles. The topological polar surface area (TPSA) is 36.1 Å². The number of hydrogen-bond acceptors (Lipinski definition) is 1. The van der Waals surface area contributed by atoms with E-state index in [0.29, 0.717) is 0 Å². The van der Waals surface area contributed by atoms with Gasteiger partial charge >= 0.3 is 0 Å². The van der Waals surface area contributed by atoms with E-state index in [1.165, 1.54) is 0 Å². The number of nitrogens with one attached hydrogen (secondary N) is 1. The fraction of sp³-hybridized carbons (Fsp3) is 0.444. The highest BCUT2D eigenvalue weighted by molar-refractivity contribution is 9.10. The van der Waals surface area contributed by atoms with E-state index in [2.05, 4.69) is 20.9 Å². The summed E-state index contributed by atoms with van der Waals surface area (Å²) in [5, 5.41) is 0. The van der Waals surface area contributed by atoms with Crippen LogP contribution in [-0.4, -0.2) is 21.8 Å². The quantitative estimate of drug-likeness (QED) is 0.805. The normalized spacial score (nSPS) is 15.7. The lowest BCUT2D eigenvalue weighted by atomic mass is 10.3. The molecule has 2 rings (SSSR count). The molecule has 1 aliphatic rings. The molecule has 0 atom stereocenters. The van der Waals surface area contributed by atoms with Gasteiger partial charge in [-0.25, -0.2) is 0 Å². The van der Waals surface area contributed by atoms with Gasteiger partial charge < -0.3 is 9.88 Å². The number of amides is 1. The first kappa shape index (κ1) is 8.81. The molecule has 1 aromatic rings. The number of hydrogen-bond donors (Lipinski definition) is 1. The monoisotopic (exact) mass is 242 g/mol. The van der Waals surface area contributed by atoms with Crippen LogP contribution in [0, 0.1) is 0 Å². The Morgan fingerprint density at radius 3 is 2.85 bits per heavy atom. The Kier molecular flexibility index (Phi) is 1.95. The van der Waals surface area contributed by atoms with E-state index >= 15 is 0 Å². The summed E-state index contributed by atoms with van der Waals surface area (Å²) >= 11 is 3.32. The summed E-state index contributed by atoms with van der Waals surface area (Å²) in [5.74, 6) is 0.107. The van der Waals surface area contributed by atoms with E-state index in [4.69, 9.17) is 0 Å². The van der Waals surface area contributed by atoms with Crippen molar-refractivity contribution in [3.05, 3.63) is 21.9 Å². The molecule has 4 heteroatoms. The fourth-order valence-corrected chi connectivity index (χ4v) is 2.07. The van der Waals surface area contributed by atoms with Gasteiger partial charge in [0.05, 0.1) is 4.60 Å². The van der Waals surface area contributed by atoms with Crippen LogP contribution in [0.5, 0.6) is 0 Å². The summed E-state index contributed by atoms with van der Waals surface area (Å²) in [7, 11) is 0. The van der Waals surface area contributed by atoms with E-state index < -0.39 is 0 Å². The Morgan fingerprint density at radius 1 is 1.62 bits per heavy atom. The highest BCUT2D eigenvalue weighted by atomic mass is 79.9.